The summed E-state index contributed by atoms with van der Waals surface area (Å²) in [6.45, 7) is 4.88. The van der Waals surface area contributed by atoms with E-state index in [0.29, 0.717) is 11.4 Å². The predicted octanol–water partition coefficient (Wildman–Crippen LogP) is 3.89. The molecule has 2 aromatic carbocycles. The van der Waals surface area contributed by atoms with Crippen LogP contribution >= 0.6 is 15.9 Å². The van der Waals surface area contributed by atoms with Gasteiger partial charge in [0.15, 0.2) is 0 Å². The molecule has 0 saturated heterocycles. The zero-order chi connectivity index (χ0) is 21.8. The van der Waals surface area contributed by atoms with E-state index in [-0.39, 0.29) is 18.1 Å². The number of hydrogen-bond donors (Lipinski definition) is 2. The van der Waals surface area contributed by atoms with E-state index in [0.717, 1.165) is 25.8 Å². The first-order chi connectivity index (χ1) is 14.3. The van der Waals surface area contributed by atoms with Gasteiger partial charge >= 0.3 is 0 Å². The van der Waals surface area contributed by atoms with E-state index in [1.54, 1.807) is 6.07 Å². The van der Waals surface area contributed by atoms with Crippen molar-refractivity contribution in [1.29, 1.82) is 0 Å². The van der Waals surface area contributed by atoms with Gasteiger partial charge in [-0.25, -0.2) is 4.68 Å². The molecule has 0 aliphatic carbocycles. The van der Waals surface area contributed by atoms with Gasteiger partial charge in [-0.15, -0.1) is 0 Å². The molecule has 0 spiro atoms. The zero-order valence-corrected chi connectivity index (χ0v) is 18.4. The summed E-state index contributed by atoms with van der Waals surface area (Å²) in [5.74, 6) is -0.775. The van der Waals surface area contributed by atoms with Gasteiger partial charge < -0.3 is 10.6 Å². The van der Waals surface area contributed by atoms with E-state index in [1.807, 2.05) is 50.2 Å². The summed E-state index contributed by atoms with van der Waals surface area (Å²) in [6.07, 6.45) is 0. The summed E-state index contributed by atoms with van der Waals surface area (Å²) in [7, 11) is 0. The molecule has 1 aromatic heterocycles. The molecule has 2 amide bonds. The van der Waals surface area contributed by atoms with Crippen LogP contribution in [-0.4, -0.2) is 21.6 Å². The Labute approximate surface area is 182 Å². The summed E-state index contributed by atoms with van der Waals surface area (Å²) >= 11 is 3.46. The van der Waals surface area contributed by atoms with Crippen molar-refractivity contribution in [2.24, 2.45) is 0 Å². The molecular formula is C22H21BrN4O3. The van der Waals surface area contributed by atoms with Crippen molar-refractivity contribution in [2.45, 2.75) is 27.3 Å². The number of amides is 2. The second-order valence-electron chi connectivity index (χ2n) is 6.85. The first kappa shape index (κ1) is 21.4. The molecule has 0 bridgehead atoms. The highest BCUT2D eigenvalue weighted by atomic mass is 79.9. The first-order valence-corrected chi connectivity index (χ1v) is 10.1. The van der Waals surface area contributed by atoms with Crippen molar-refractivity contribution >= 4 is 39.1 Å². The average Bonchev–Trinajstić information content (AvgIpc) is 2.71. The number of nitrogens with zero attached hydrogens (tertiary/aromatic N) is 2. The largest absolute Gasteiger partial charge is 0.324 e. The zero-order valence-electron chi connectivity index (χ0n) is 16.8. The van der Waals surface area contributed by atoms with Crippen LogP contribution in [0.1, 0.15) is 18.1 Å². The van der Waals surface area contributed by atoms with Crippen LogP contribution in [0.2, 0.25) is 0 Å². The molecule has 0 radical (unpaired) electrons. The standard InChI is InChI=1S/C22H21BrN4O3/c1-13-14(2)18(10-9-17(13)23)25-21(29)12-27-22(30)20(24-15(3)28)11-19(26-27)16-7-5-4-6-8-16/h4-11H,12H2,1-3H3,(H,24,28)(H,25,29). The Morgan fingerprint density at radius 2 is 1.70 bits per heavy atom. The molecule has 8 heteroatoms. The Morgan fingerprint density at radius 1 is 1.00 bits per heavy atom. The van der Waals surface area contributed by atoms with E-state index in [2.05, 4.69) is 31.7 Å². The first-order valence-electron chi connectivity index (χ1n) is 9.27. The molecule has 0 unspecified atom stereocenters. The minimum atomic E-state index is -0.552. The van der Waals surface area contributed by atoms with Crippen LogP contribution in [0.15, 0.2) is 57.8 Å². The number of hydrogen-bond acceptors (Lipinski definition) is 4. The number of carbonyl (C=O) groups excluding carboxylic acids is 2. The van der Waals surface area contributed by atoms with Gasteiger partial charge in [0.25, 0.3) is 5.56 Å². The van der Waals surface area contributed by atoms with Crippen LogP contribution in [0.3, 0.4) is 0 Å². The predicted molar refractivity (Wildman–Crippen MR) is 120 cm³/mol. The Kier molecular flexibility index (Phi) is 6.47. The molecule has 0 atom stereocenters. The minimum absolute atomic E-state index is 0.0693. The summed E-state index contributed by atoms with van der Waals surface area (Å²) < 4.78 is 2.01. The minimum Gasteiger partial charge on any atom is -0.324 e. The molecule has 0 aliphatic rings. The molecule has 30 heavy (non-hydrogen) atoms. The van der Waals surface area contributed by atoms with Crippen molar-refractivity contribution in [3.05, 3.63) is 74.5 Å². The molecule has 0 aliphatic heterocycles. The number of nitrogens with one attached hydrogen (secondary N) is 2. The number of carbonyl (C=O) groups is 2. The third kappa shape index (κ3) is 4.83. The van der Waals surface area contributed by atoms with Gasteiger partial charge in [-0.05, 0) is 43.2 Å². The smallest absolute Gasteiger partial charge is 0.291 e. The van der Waals surface area contributed by atoms with Crippen molar-refractivity contribution in [3.8, 4) is 11.3 Å². The third-order valence-electron chi connectivity index (χ3n) is 4.64. The lowest BCUT2D eigenvalue weighted by atomic mass is 10.1. The lowest BCUT2D eigenvalue weighted by Gasteiger charge is -2.14. The van der Waals surface area contributed by atoms with Gasteiger partial charge in [0.1, 0.15) is 12.2 Å². The van der Waals surface area contributed by atoms with Crippen LogP contribution in [0.4, 0.5) is 11.4 Å². The average molecular weight is 469 g/mol. The van der Waals surface area contributed by atoms with E-state index in [4.69, 9.17) is 0 Å². The van der Waals surface area contributed by atoms with Gasteiger partial charge in [0.2, 0.25) is 11.8 Å². The maximum Gasteiger partial charge on any atom is 0.291 e. The van der Waals surface area contributed by atoms with Crippen LogP contribution < -0.4 is 16.2 Å². The number of benzene rings is 2. The summed E-state index contributed by atoms with van der Waals surface area (Å²) in [6, 6.07) is 14.4. The number of halogens is 1. The monoisotopic (exact) mass is 468 g/mol. The number of anilines is 2. The molecule has 1 heterocycles. The molecule has 0 saturated carbocycles. The summed E-state index contributed by atoms with van der Waals surface area (Å²) in [4.78, 5) is 36.9. The highest BCUT2D eigenvalue weighted by Gasteiger charge is 2.15. The van der Waals surface area contributed by atoms with Crippen molar-refractivity contribution in [2.75, 3.05) is 10.6 Å². The van der Waals surface area contributed by atoms with E-state index in [1.165, 1.54) is 13.0 Å². The topological polar surface area (TPSA) is 93.1 Å². The van der Waals surface area contributed by atoms with Crippen molar-refractivity contribution in [1.82, 2.24) is 9.78 Å². The maximum absolute atomic E-state index is 12.7. The molecular weight excluding hydrogens is 448 g/mol. The van der Waals surface area contributed by atoms with E-state index in [9.17, 15) is 14.4 Å². The summed E-state index contributed by atoms with van der Waals surface area (Å²) in [5.41, 5.74) is 3.36. The quantitative estimate of drug-likeness (QED) is 0.593. The normalized spacial score (nSPS) is 10.5. The highest BCUT2D eigenvalue weighted by Crippen LogP contribution is 2.26. The van der Waals surface area contributed by atoms with Crippen molar-refractivity contribution < 1.29 is 9.59 Å². The third-order valence-corrected chi connectivity index (χ3v) is 5.50. The fourth-order valence-electron chi connectivity index (χ4n) is 2.93. The Morgan fingerprint density at radius 3 is 2.37 bits per heavy atom. The molecule has 3 rings (SSSR count). The van der Waals surface area contributed by atoms with Crippen molar-refractivity contribution in [3.63, 3.8) is 0 Å². The summed E-state index contributed by atoms with van der Waals surface area (Å²) in [5, 5.41) is 9.68. The molecule has 7 nitrogen and oxygen atoms in total. The molecule has 154 valence electrons. The Bertz CT molecular complexity index is 1170. The van der Waals surface area contributed by atoms with Crippen LogP contribution in [0.25, 0.3) is 11.3 Å². The van der Waals surface area contributed by atoms with Gasteiger partial charge in [-0.2, -0.15) is 5.10 Å². The number of aromatic nitrogens is 2. The second kappa shape index (κ2) is 9.04. The van der Waals surface area contributed by atoms with Gasteiger partial charge in [0.05, 0.1) is 5.69 Å². The lowest BCUT2D eigenvalue weighted by molar-refractivity contribution is -0.117. The van der Waals surface area contributed by atoms with Gasteiger partial charge in [-0.1, -0.05) is 46.3 Å². The molecule has 2 N–H and O–H groups in total. The van der Waals surface area contributed by atoms with Crippen LogP contribution in [0.5, 0.6) is 0 Å². The lowest BCUT2D eigenvalue weighted by Crippen LogP contribution is -2.32. The van der Waals surface area contributed by atoms with Gasteiger partial charge in [-0.3, -0.25) is 14.4 Å². The fraction of sp³-hybridized carbons (Fsp3) is 0.182. The Balaban J connectivity index is 1.94. The SMILES string of the molecule is CC(=O)Nc1cc(-c2ccccc2)nn(CC(=O)Nc2ccc(Br)c(C)c2C)c1=O. The number of rotatable bonds is 5. The van der Waals surface area contributed by atoms with Crippen LogP contribution in [-0.2, 0) is 16.1 Å². The maximum atomic E-state index is 12.7. The van der Waals surface area contributed by atoms with Crippen LogP contribution in [0, 0.1) is 13.8 Å². The fourth-order valence-corrected chi connectivity index (χ4v) is 3.36. The second-order valence-corrected chi connectivity index (χ2v) is 7.70. The molecule has 3 aromatic rings. The van der Waals surface area contributed by atoms with Gasteiger partial charge in [0, 0.05) is 22.6 Å². The highest BCUT2D eigenvalue weighted by molar-refractivity contribution is 9.10. The Hall–Kier alpha value is -3.26. The van der Waals surface area contributed by atoms with E-state index >= 15 is 0 Å². The van der Waals surface area contributed by atoms with E-state index < -0.39 is 11.5 Å². The molecule has 0 fully saturated rings.